The van der Waals surface area contributed by atoms with E-state index in [-0.39, 0.29) is 29.7 Å². The fourth-order valence-corrected chi connectivity index (χ4v) is 4.76. The number of aromatic nitrogens is 1. The van der Waals surface area contributed by atoms with Gasteiger partial charge in [-0.3, -0.25) is 9.78 Å². The van der Waals surface area contributed by atoms with Gasteiger partial charge in [0.1, 0.15) is 11.8 Å². The Kier molecular flexibility index (Phi) is 4.90. The Morgan fingerprint density at radius 1 is 0.967 bits per heavy atom. The number of phenols is 1. The predicted molar refractivity (Wildman–Crippen MR) is 113 cm³/mol. The Morgan fingerprint density at radius 3 is 2.40 bits per heavy atom. The van der Waals surface area contributed by atoms with Crippen LogP contribution in [0.2, 0.25) is 5.02 Å². The molecule has 7 heteroatoms. The first-order chi connectivity index (χ1) is 14.6. The highest BCUT2D eigenvalue weighted by Gasteiger charge is 2.55. The summed E-state index contributed by atoms with van der Waals surface area (Å²) >= 11 is 6.12. The highest BCUT2D eigenvalue weighted by atomic mass is 35.5. The van der Waals surface area contributed by atoms with Crippen molar-refractivity contribution < 1.29 is 9.90 Å². The van der Waals surface area contributed by atoms with Crippen molar-refractivity contribution in [2.45, 2.75) is 24.7 Å². The molecule has 0 radical (unpaired) electrons. The lowest BCUT2D eigenvalue weighted by Gasteiger charge is -2.31. The molecule has 3 N–H and O–H groups in total. The van der Waals surface area contributed by atoms with Crippen molar-refractivity contribution in [3.05, 3.63) is 94.8 Å². The van der Waals surface area contributed by atoms with Crippen LogP contribution in [0.3, 0.4) is 0 Å². The van der Waals surface area contributed by atoms with Crippen molar-refractivity contribution in [2.75, 3.05) is 0 Å². The molecule has 152 valence electrons. The van der Waals surface area contributed by atoms with E-state index < -0.39 is 6.04 Å². The van der Waals surface area contributed by atoms with E-state index in [1.54, 1.807) is 24.5 Å². The van der Waals surface area contributed by atoms with Gasteiger partial charge in [0.05, 0.1) is 12.1 Å². The number of rotatable bonds is 4. The quantitative estimate of drug-likeness (QED) is 0.603. The molecule has 4 atom stereocenters. The average molecular weight is 421 g/mol. The molecule has 6 nitrogen and oxygen atoms in total. The first-order valence-electron chi connectivity index (χ1n) is 9.87. The second-order valence-corrected chi connectivity index (χ2v) is 8.13. The van der Waals surface area contributed by atoms with E-state index in [1.807, 2.05) is 53.4 Å². The van der Waals surface area contributed by atoms with E-state index in [2.05, 4.69) is 15.8 Å². The highest BCUT2D eigenvalue weighted by Crippen LogP contribution is 2.49. The molecule has 2 aliphatic heterocycles. The zero-order valence-corrected chi connectivity index (χ0v) is 16.8. The van der Waals surface area contributed by atoms with Crippen LogP contribution < -0.4 is 10.9 Å². The van der Waals surface area contributed by atoms with Crippen molar-refractivity contribution in [3.8, 4) is 5.75 Å². The van der Waals surface area contributed by atoms with E-state index in [4.69, 9.17) is 11.6 Å². The van der Waals surface area contributed by atoms with Crippen LogP contribution in [0, 0.1) is 5.92 Å². The maximum atomic E-state index is 13.4. The smallest absolute Gasteiger partial charge is 0.242 e. The molecule has 0 saturated carbocycles. The average Bonchev–Trinajstić information content (AvgIpc) is 3.30. The van der Waals surface area contributed by atoms with Crippen molar-refractivity contribution >= 4 is 17.5 Å². The summed E-state index contributed by atoms with van der Waals surface area (Å²) in [6, 6.07) is 18.0. The molecule has 0 aliphatic carbocycles. The molecule has 1 aromatic heterocycles. The van der Waals surface area contributed by atoms with Crippen LogP contribution in [-0.2, 0) is 11.3 Å². The minimum absolute atomic E-state index is 0.0298. The standard InChI is InChI=1S/C23H21ClN4O2/c24-16-7-5-15(6-8-16)22-19-20(17-3-1-2-4-18(17)29)26-27-21(19)23(30)28(22)13-14-9-11-25-12-10-14/h1-12,19-22,26-27,29H,13H2. The van der Waals surface area contributed by atoms with Gasteiger partial charge in [-0.1, -0.05) is 41.9 Å². The van der Waals surface area contributed by atoms with Crippen molar-refractivity contribution in [1.29, 1.82) is 0 Å². The maximum absolute atomic E-state index is 13.4. The van der Waals surface area contributed by atoms with Gasteiger partial charge in [-0.2, -0.15) is 0 Å². The Bertz CT molecular complexity index is 1060. The van der Waals surface area contributed by atoms with E-state index in [0.29, 0.717) is 11.6 Å². The Balaban J connectivity index is 1.58. The fourth-order valence-electron chi connectivity index (χ4n) is 4.64. The molecule has 2 aromatic carbocycles. The Labute approximate surface area is 179 Å². The van der Waals surface area contributed by atoms with Gasteiger partial charge in [0.25, 0.3) is 0 Å². The monoisotopic (exact) mass is 420 g/mol. The fraction of sp³-hybridized carbons (Fsp3) is 0.217. The second kappa shape index (κ2) is 7.72. The van der Waals surface area contributed by atoms with Gasteiger partial charge in [-0.05, 0) is 41.5 Å². The third-order valence-electron chi connectivity index (χ3n) is 6.00. The van der Waals surface area contributed by atoms with Crippen LogP contribution in [0.25, 0.3) is 0 Å². The van der Waals surface area contributed by atoms with Crippen molar-refractivity contribution in [2.24, 2.45) is 5.92 Å². The largest absolute Gasteiger partial charge is 0.508 e. The zero-order chi connectivity index (χ0) is 20.7. The maximum Gasteiger partial charge on any atom is 0.242 e. The molecule has 3 aromatic rings. The molecular formula is C23H21ClN4O2. The SMILES string of the molecule is O=C1C2NNC(c3ccccc3O)C2C(c2ccc(Cl)cc2)N1Cc1ccncc1. The van der Waals surface area contributed by atoms with Crippen molar-refractivity contribution in [1.82, 2.24) is 20.7 Å². The van der Waals surface area contributed by atoms with Gasteiger partial charge in [0, 0.05) is 35.4 Å². The second-order valence-electron chi connectivity index (χ2n) is 7.70. The minimum Gasteiger partial charge on any atom is -0.508 e. The Morgan fingerprint density at radius 2 is 1.67 bits per heavy atom. The number of halogens is 1. The number of phenolic OH excluding ortho intramolecular Hbond substituents is 1. The summed E-state index contributed by atoms with van der Waals surface area (Å²) in [5.74, 6) is 0.142. The Hall–Kier alpha value is -2.93. The third kappa shape index (κ3) is 3.23. The topological polar surface area (TPSA) is 77.5 Å². The number of benzene rings is 2. The lowest BCUT2D eigenvalue weighted by Crippen LogP contribution is -2.41. The number of nitrogens with one attached hydrogen (secondary N) is 2. The number of hydrogen-bond acceptors (Lipinski definition) is 5. The summed E-state index contributed by atoms with van der Waals surface area (Å²) in [4.78, 5) is 19.4. The summed E-state index contributed by atoms with van der Waals surface area (Å²) < 4.78 is 0. The van der Waals surface area contributed by atoms with E-state index in [1.165, 1.54) is 0 Å². The predicted octanol–water partition coefficient (Wildman–Crippen LogP) is 3.36. The summed E-state index contributed by atoms with van der Waals surface area (Å²) in [6.07, 6.45) is 3.47. The summed E-state index contributed by atoms with van der Waals surface area (Å²) in [7, 11) is 0. The molecule has 1 amide bonds. The minimum atomic E-state index is -0.392. The van der Waals surface area contributed by atoms with E-state index in [0.717, 1.165) is 16.7 Å². The zero-order valence-electron chi connectivity index (χ0n) is 16.1. The molecule has 30 heavy (non-hydrogen) atoms. The van der Waals surface area contributed by atoms with Gasteiger partial charge in [0.2, 0.25) is 5.91 Å². The van der Waals surface area contributed by atoms with Gasteiger partial charge < -0.3 is 10.0 Å². The van der Waals surface area contributed by atoms with Crippen LogP contribution >= 0.6 is 11.6 Å². The molecule has 5 rings (SSSR count). The van der Waals surface area contributed by atoms with Crippen LogP contribution in [0.1, 0.15) is 28.8 Å². The number of hydrazine groups is 1. The molecule has 4 unspecified atom stereocenters. The van der Waals surface area contributed by atoms with E-state index >= 15 is 0 Å². The van der Waals surface area contributed by atoms with Crippen LogP contribution in [-0.4, -0.2) is 26.9 Å². The molecular weight excluding hydrogens is 400 g/mol. The number of pyridine rings is 1. The number of amides is 1. The van der Waals surface area contributed by atoms with Gasteiger partial charge in [-0.25, -0.2) is 10.9 Å². The first-order valence-corrected chi connectivity index (χ1v) is 10.2. The summed E-state index contributed by atoms with van der Waals surface area (Å²) in [5.41, 5.74) is 9.23. The lowest BCUT2D eigenvalue weighted by molar-refractivity contribution is -0.131. The summed E-state index contributed by atoms with van der Waals surface area (Å²) in [5, 5.41) is 11.1. The lowest BCUT2D eigenvalue weighted by atomic mass is 9.83. The number of carbonyl (C=O) groups excluding carboxylic acids is 1. The molecule has 2 saturated heterocycles. The van der Waals surface area contributed by atoms with Crippen LogP contribution in [0.5, 0.6) is 5.75 Å². The number of likely N-dealkylation sites (tertiary alicyclic amines) is 1. The number of carbonyl (C=O) groups is 1. The molecule has 0 spiro atoms. The van der Waals surface area contributed by atoms with Crippen LogP contribution in [0.4, 0.5) is 0 Å². The molecule has 2 aliphatic rings. The van der Waals surface area contributed by atoms with E-state index in [9.17, 15) is 9.90 Å². The highest BCUT2D eigenvalue weighted by molar-refractivity contribution is 6.30. The molecule has 3 heterocycles. The molecule has 2 fully saturated rings. The number of aromatic hydroxyl groups is 1. The third-order valence-corrected chi connectivity index (χ3v) is 6.25. The van der Waals surface area contributed by atoms with Gasteiger partial charge in [0.15, 0.2) is 0 Å². The van der Waals surface area contributed by atoms with Gasteiger partial charge in [-0.15, -0.1) is 0 Å². The number of hydrogen-bond donors (Lipinski definition) is 3. The number of fused-ring (bicyclic) bond motifs is 1. The van der Waals surface area contributed by atoms with Crippen molar-refractivity contribution in [3.63, 3.8) is 0 Å². The summed E-state index contributed by atoms with van der Waals surface area (Å²) in [6.45, 7) is 0.483. The molecule has 0 bridgehead atoms. The van der Waals surface area contributed by atoms with Crippen LogP contribution in [0.15, 0.2) is 73.1 Å². The number of nitrogens with zero attached hydrogens (tertiary/aromatic N) is 2. The first kappa shape index (κ1) is 19.1. The van der Waals surface area contributed by atoms with Gasteiger partial charge >= 0.3 is 0 Å². The number of para-hydroxylation sites is 1. The normalized spacial score (nSPS) is 25.5.